The average Bonchev–Trinajstić information content (AvgIpc) is 2.41. The van der Waals surface area contributed by atoms with E-state index in [4.69, 9.17) is 4.74 Å². The first-order valence-electron chi connectivity index (χ1n) is 5.88. The van der Waals surface area contributed by atoms with Gasteiger partial charge in [-0.2, -0.15) is 0 Å². The fourth-order valence-electron chi connectivity index (χ4n) is 1.79. The van der Waals surface area contributed by atoms with Crippen LogP contribution >= 0.6 is 0 Å². The second kappa shape index (κ2) is 5.05. The van der Waals surface area contributed by atoms with Crippen molar-refractivity contribution in [2.24, 2.45) is 0 Å². The minimum absolute atomic E-state index is 0.0424. The molecule has 0 radical (unpaired) electrons. The standard InChI is InChI=1S/C16H16O2/c1-11-4-5-14(10-12(11)2)16(17)13-6-8-15(18-3)9-7-13/h4-10H,1-3H3. The van der Waals surface area contributed by atoms with Gasteiger partial charge in [0, 0.05) is 11.1 Å². The fraction of sp³-hybridized carbons (Fsp3) is 0.188. The molecule has 2 heteroatoms. The summed E-state index contributed by atoms with van der Waals surface area (Å²) >= 11 is 0. The molecule has 92 valence electrons. The van der Waals surface area contributed by atoms with Crippen LogP contribution in [0.2, 0.25) is 0 Å². The third-order valence-electron chi connectivity index (χ3n) is 3.12. The van der Waals surface area contributed by atoms with Crippen molar-refractivity contribution in [2.45, 2.75) is 13.8 Å². The molecule has 0 bridgehead atoms. The Morgan fingerprint density at radius 3 is 2.06 bits per heavy atom. The Morgan fingerprint density at radius 2 is 1.50 bits per heavy atom. The smallest absolute Gasteiger partial charge is 0.193 e. The lowest BCUT2D eigenvalue weighted by Crippen LogP contribution is -2.02. The first-order valence-corrected chi connectivity index (χ1v) is 5.88. The van der Waals surface area contributed by atoms with E-state index >= 15 is 0 Å². The Hall–Kier alpha value is -2.09. The van der Waals surface area contributed by atoms with Crippen molar-refractivity contribution in [2.75, 3.05) is 7.11 Å². The molecule has 2 aromatic rings. The molecule has 0 N–H and O–H groups in total. The fourth-order valence-corrected chi connectivity index (χ4v) is 1.79. The van der Waals surface area contributed by atoms with Crippen molar-refractivity contribution < 1.29 is 9.53 Å². The number of methoxy groups -OCH3 is 1. The normalized spacial score (nSPS) is 10.2. The zero-order chi connectivity index (χ0) is 13.1. The van der Waals surface area contributed by atoms with Gasteiger partial charge in [-0.05, 0) is 55.3 Å². The minimum Gasteiger partial charge on any atom is -0.497 e. The van der Waals surface area contributed by atoms with Crippen LogP contribution in [-0.4, -0.2) is 12.9 Å². The molecular formula is C16H16O2. The quantitative estimate of drug-likeness (QED) is 0.767. The van der Waals surface area contributed by atoms with E-state index in [0.717, 1.165) is 16.9 Å². The van der Waals surface area contributed by atoms with Crippen LogP contribution in [0.25, 0.3) is 0 Å². The molecule has 0 aliphatic rings. The highest BCUT2D eigenvalue weighted by atomic mass is 16.5. The molecule has 0 unspecified atom stereocenters. The van der Waals surface area contributed by atoms with E-state index < -0.39 is 0 Å². The number of carbonyl (C=O) groups excluding carboxylic acids is 1. The number of ketones is 1. The summed E-state index contributed by atoms with van der Waals surface area (Å²) in [5.41, 5.74) is 3.73. The van der Waals surface area contributed by atoms with Crippen LogP contribution < -0.4 is 4.74 Å². The molecule has 0 fully saturated rings. The molecule has 0 spiro atoms. The van der Waals surface area contributed by atoms with Crippen molar-refractivity contribution in [3.8, 4) is 5.75 Å². The summed E-state index contributed by atoms with van der Waals surface area (Å²) in [7, 11) is 1.61. The van der Waals surface area contributed by atoms with Gasteiger partial charge < -0.3 is 4.74 Å². The van der Waals surface area contributed by atoms with Gasteiger partial charge >= 0.3 is 0 Å². The van der Waals surface area contributed by atoms with Gasteiger partial charge in [0.05, 0.1) is 7.11 Å². The number of aryl methyl sites for hydroxylation is 2. The van der Waals surface area contributed by atoms with Crippen LogP contribution in [0.1, 0.15) is 27.0 Å². The monoisotopic (exact) mass is 240 g/mol. The molecule has 2 aromatic carbocycles. The Morgan fingerprint density at radius 1 is 0.889 bits per heavy atom. The van der Waals surface area contributed by atoms with Gasteiger partial charge in [-0.1, -0.05) is 12.1 Å². The Balaban J connectivity index is 2.32. The molecule has 0 saturated carbocycles. The van der Waals surface area contributed by atoms with Gasteiger partial charge in [-0.15, -0.1) is 0 Å². The number of carbonyl (C=O) groups is 1. The van der Waals surface area contributed by atoms with E-state index in [-0.39, 0.29) is 5.78 Å². The molecule has 0 saturated heterocycles. The number of benzene rings is 2. The molecule has 0 atom stereocenters. The molecular weight excluding hydrogens is 224 g/mol. The molecule has 0 aliphatic heterocycles. The van der Waals surface area contributed by atoms with E-state index in [0.29, 0.717) is 5.56 Å². The van der Waals surface area contributed by atoms with Gasteiger partial charge in [0.2, 0.25) is 0 Å². The maximum Gasteiger partial charge on any atom is 0.193 e. The Bertz CT molecular complexity index is 568. The highest BCUT2D eigenvalue weighted by Gasteiger charge is 2.09. The second-order valence-electron chi connectivity index (χ2n) is 4.36. The van der Waals surface area contributed by atoms with Crippen molar-refractivity contribution in [3.63, 3.8) is 0 Å². The first-order chi connectivity index (χ1) is 8.61. The summed E-state index contributed by atoms with van der Waals surface area (Å²) in [6, 6.07) is 13.0. The maximum absolute atomic E-state index is 12.3. The minimum atomic E-state index is 0.0424. The summed E-state index contributed by atoms with van der Waals surface area (Å²) in [4.78, 5) is 12.3. The number of hydrogen-bond acceptors (Lipinski definition) is 2. The van der Waals surface area contributed by atoms with Crippen LogP contribution in [-0.2, 0) is 0 Å². The average molecular weight is 240 g/mol. The summed E-state index contributed by atoms with van der Waals surface area (Å²) in [5, 5.41) is 0. The topological polar surface area (TPSA) is 26.3 Å². The molecule has 0 amide bonds. The number of ether oxygens (including phenoxy) is 1. The van der Waals surface area contributed by atoms with Gasteiger partial charge in [0.25, 0.3) is 0 Å². The zero-order valence-corrected chi connectivity index (χ0v) is 10.9. The SMILES string of the molecule is COc1ccc(C(=O)c2ccc(C)c(C)c2)cc1. The highest BCUT2D eigenvalue weighted by Crippen LogP contribution is 2.17. The molecule has 0 heterocycles. The van der Waals surface area contributed by atoms with Gasteiger partial charge in [-0.3, -0.25) is 4.79 Å². The molecule has 2 nitrogen and oxygen atoms in total. The van der Waals surface area contributed by atoms with Crippen molar-refractivity contribution >= 4 is 5.78 Å². The van der Waals surface area contributed by atoms with E-state index in [2.05, 4.69) is 0 Å². The van der Waals surface area contributed by atoms with E-state index in [1.165, 1.54) is 5.56 Å². The van der Waals surface area contributed by atoms with Crippen LogP contribution in [0, 0.1) is 13.8 Å². The van der Waals surface area contributed by atoms with Crippen molar-refractivity contribution in [1.29, 1.82) is 0 Å². The van der Waals surface area contributed by atoms with Crippen LogP contribution in [0.3, 0.4) is 0 Å². The Kier molecular flexibility index (Phi) is 3.47. The van der Waals surface area contributed by atoms with E-state index in [9.17, 15) is 4.79 Å². The maximum atomic E-state index is 12.3. The van der Waals surface area contributed by atoms with Crippen LogP contribution in [0.15, 0.2) is 42.5 Å². The van der Waals surface area contributed by atoms with Gasteiger partial charge in [0.15, 0.2) is 5.78 Å². The lowest BCUT2D eigenvalue weighted by Gasteiger charge is -2.05. The van der Waals surface area contributed by atoms with Gasteiger partial charge in [0.1, 0.15) is 5.75 Å². The van der Waals surface area contributed by atoms with Crippen LogP contribution in [0.4, 0.5) is 0 Å². The molecule has 0 aromatic heterocycles. The highest BCUT2D eigenvalue weighted by molar-refractivity contribution is 6.09. The second-order valence-corrected chi connectivity index (χ2v) is 4.36. The number of hydrogen-bond donors (Lipinski definition) is 0. The van der Waals surface area contributed by atoms with Crippen molar-refractivity contribution in [3.05, 3.63) is 64.7 Å². The molecule has 0 aliphatic carbocycles. The third kappa shape index (κ3) is 2.43. The van der Waals surface area contributed by atoms with E-state index in [1.807, 2.05) is 32.0 Å². The lowest BCUT2D eigenvalue weighted by atomic mass is 9.99. The number of rotatable bonds is 3. The summed E-state index contributed by atoms with van der Waals surface area (Å²) in [5.74, 6) is 0.799. The van der Waals surface area contributed by atoms with E-state index in [1.54, 1.807) is 31.4 Å². The van der Waals surface area contributed by atoms with Gasteiger partial charge in [-0.25, -0.2) is 0 Å². The third-order valence-corrected chi connectivity index (χ3v) is 3.12. The summed E-state index contributed by atoms with van der Waals surface area (Å²) < 4.78 is 5.08. The van der Waals surface area contributed by atoms with Crippen molar-refractivity contribution in [1.82, 2.24) is 0 Å². The predicted octanol–water partition coefficient (Wildman–Crippen LogP) is 3.54. The van der Waals surface area contributed by atoms with Crippen LogP contribution in [0.5, 0.6) is 5.75 Å². The predicted molar refractivity (Wildman–Crippen MR) is 72.3 cm³/mol. The summed E-state index contributed by atoms with van der Waals surface area (Å²) in [6.45, 7) is 4.05. The molecule has 18 heavy (non-hydrogen) atoms. The largest absolute Gasteiger partial charge is 0.497 e. The Labute approximate surface area is 107 Å². The first kappa shape index (κ1) is 12.4. The molecule has 2 rings (SSSR count). The summed E-state index contributed by atoms with van der Waals surface area (Å²) in [6.07, 6.45) is 0. The zero-order valence-electron chi connectivity index (χ0n) is 10.9. The lowest BCUT2D eigenvalue weighted by molar-refractivity contribution is 0.103.